The van der Waals surface area contributed by atoms with Crippen LogP contribution in [0.5, 0.6) is 0 Å². The van der Waals surface area contributed by atoms with Crippen LogP contribution < -0.4 is 0 Å². The van der Waals surface area contributed by atoms with Crippen molar-refractivity contribution >= 4 is 55.9 Å². The predicted molar refractivity (Wildman–Crippen MR) is 103 cm³/mol. The zero-order valence-corrected chi connectivity index (χ0v) is 15.6. The second-order valence-corrected chi connectivity index (χ2v) is 7.87. The summed E-state index contributed by atoms with van der Waals surface area (Å²) in [4.78, 5) is 25.5. The molecule has 0 aliphatic carbocycles. The van der Waals surface area contributed by atoms with Crippen molar-refractivity contribution in [3.8, 4) is 11.1 Å². The van der Waals surface area contributed by atoms with Gasteiger partial charge >= 0.3 is 5.97 Å². The number of benzene rings is 2. The number of fused-ring (bicyclic) bond motifs is 2. The first-order valence-electron chi connectivity index (χ1n) is 7.30. The lowest BCUT2D eigenvalue weighted by Crippen LogP contribution is -2.17. The molecule has 1 amide bonds. The third-order valence-corrected chi connectivity index (χ3v) is 6.96. The highest BCUT2D eigenvalue weighted by atomic mass is 127. The largest absolute Gasteiger partial charge is 0.477 e. The SMILES string of the molecule is CN1Cc2cc(-c3cccc4c(I)c(C(=O)O)sc34)ccc2C1=O. The maximum absolute atomic E-state index is 12.0. The Kier molecular flexibility index (Phi) is 3.61. The van der Waals surface area contributed by atoms with Gasteiger partial charge in [0.05, 0.1) is 0 Å². The summed E-state index contributed by atoms with van der Waals surface area (Å²) in [6.07, 6.45) is 0. The Morgan fingerprint density at radius 3 is 2.79 bits per heavy atom. The van der Waals surface area contributed by atoms with Crippen LogP contribution in [0.1, 0.15) is 25.6 Å². The van der Waals surface area contributed by atoms with E-state index in [-0.39, 0.29) is 5.91 Å². The molecule has 0 spiro atoms. The Morgan fingerprint density at radius 2 is 2.04 bits per heavy atom. The average Bonchev–Trinajstić information content (AvgIpc) is 3.05. The maximum atomic E-state index is 12.0. The summed E-state index contributed by atoms with van der Waals surface area (Å²) >= 11 is 3.40. The van der Waals surface area contributed by atoms with E-state index in [0.29, 0.717) is 11.4 Å². The van der Waals surface area contributed by atoms with E-state index < -0.39 is 5.97 Å². The van der Waals surface area contributed by atoms with Crippen LogP contribution >= 0.6 is 33.9 Å². The number of halogens is 1. The predicted octanol–water partition coefficient (Wildman–Crippen LogP) is 4.46. The number of nitrogens with zero attached hydrogens (tertiary/aromatic N) is 1. The van der Waals surface area contributed by atoms with Crippen LogP contribution in [0.15, 0.2) is 36.4 Å². The topological polar surface area (TPSA) is 57.6 Å². The zero-order chi connectivity index (χ0) is 17.0. The molecule has 120 valence electrons. The number of thiophene rings is 1. The molecule has 4 nitrogen and oxygen atoms in total. The minimum absolute atomic E-state index is 0.0496. The fourth-order valence-corrected chi connectivity index (χ4v) is 5.35. The number of carboxylic acids is 1. The zero-order valence-electron chi connectivity index (χ0n) is 12.7. The molecule has 1 N–H and O–H groups in total. The molecule has 0 bridgehead atoms. The number of hydrogen-bond acceptors (Lipinski definition) is 3. The smallest absolute Gasteiger partial charge is 0.347 e. The Bertz CT molecular complexity index is 1020. The molecule has 4 rings (SSSR count). The highest BCUT2D eigenvalue weighted by Crippen LogP contribution is 2.39. The summed E-state index contributed by atoms with van der Waals surface area (Å²) < 4.78 is 1.75. The molecule has 0 saturated carbocycles. The minimum Gasteiger partial charge on any atom is -0.477 e. The summed E-state index contributed by atoms with van der Waals surface area (Å²) in [5.41, 5.74) is 3.78. The average molecular weight is 449 g/mol. The monoisotopic (exact) mass is 449 g/mol. The van der Waals surface area contributed by atoms with Crippen molar-refractivity contribution in [3.63, 3.8) is 0 Å². The Labute approximate surface area is 155 Å². The van der Waals surface area contributed by atoms with Crippen molar-refractivity contribution in [1.82, 2.24) is 4.90 Å². The highest BCUT2D eigenvalue weighted by Gasteiger charge is 2.25. The molecule has 0 fully saturated rings. The molecule has 6 heteroatoms. The van der Waals surface area contributed by atoms with Gasteiger partial charge in [0.1, 0.15) is 4.88 Å². The number of rotatable bonds is 2. The van der Waals surface area contributed by atoms with Gasteiger partial charge in [-0.25, -0.2) is 4.79 Å². The first kappa shape index (κ1) is 15.6. The number of aromatic carboxylic acids is 1. The summed E-state index contributed by atoms with van der Waals surface area (Å²) in [6.45, 7) is 0.611. The van der Waals surface area contributed by atoms with E-state index in [1.165, 1.54) is 11.3 Å². The molecule has 24 heavy (non-hydrogen) atoms. The molecular formula is C18H12INO3S. The molecule has 2 aromatic carbocycles. The molecule has 0 radical (unpaired) electrons. The minimum atomic E-state index is -0.896. The van der Waals surface area contributed by atoms with Crippen LogP contribution in [-0.4, -0.2) is 28.9 Å². The fraction of sp³-hybridized carbons (Fsp3) is 0.111. The van der Waals surface area contributed by atoms with Gasteiger partial charge in [-0.15, -0.1) is 11.3 Å². The van der Waals surface area contributed by atoms with E-state index in [0.717, 1.165) is 35.9 Å². The van der Waals surface area contributed by atoms with Gasteiger partial charge in [-0.2, -0.15) is 0 Å². The molecule has 0 saturated heterocycles. The molecule has 1 aromatic heterocycles. The number of amides is 1. The van der Waals surface area contributed by atoms with Crippen molar-refractivity contribution in [1.29, 1.82) is 0 Å². The van der Waals surface area contributed by atoms with E-state index in [2.05, 4.69) is 22.6 Å². The van der Waals surface area contributed by atoms with Crippen molar-refractivity contribution in [3.05, 3.63) is 56.0 Å². The van der Waals surface area contributed by atoms with Crippen LogP contribution in [0.3, 0.4) is 0 Å². The van der Waals surface area contributed by atoms with Crippen LogP contribution in [0, 0.1) is 3.57 Å². The third-order valence-electron chi connectivity index (χ3n) is 4.25. The second kappa shape index (κ2) is 5.56. The molecule has 1 aliphatic rings. The summed E-state index contributed by atoms with van der Waals surface area (Å²) in [5, 5.41) is 10.3. The molecule has 0 unspecified atom stereocenters. The molecule has 3 aromatic rings. The van der Waals surface area contributed by atoms with E-state index in [9.17, 15) is 14.7 Å². The van der Waals surface area contributed by atoms with Crippen LogP contribution in [0.4, 0.5) is 0 Å². The van der Waals surface area contributed by atoms with Gasteiger partial charge in [-0.05, 0) is 51.4 Å². The highest BCUT2D eigenvalue weighted by molar-refractivity contribution is 14.1. The lowest BCUT2D eigenvalue weighted by molar-refractivity contribution is 0.0700. The fourth-order valence-electron chi connectivity index (χ4n) is 3.09. The molecule has 2 heterocycles. The summed E-state index contributed by atoms with van der Waals surface area (Å²) in [7, 11) is 1.80. The van der Waals surface area contributed by atoms with E-state index in [1.54, 1.807) is 11.9 Å². The Morgan fingerprint density at radius 1 is 1.25 bits per heavy atom. The lowest BCUT2D eigenvalue weighted by Gasteiger charge is -2.06. The van der Waals surface area contributed by atoms with Crippen molar-refractivity contribution < 1.29 is 14.7 Å². The maximum Gasteiger partial charge on any atom is 0.347 e. The van der Waals surface area contributed by atoms with E-state index >= 15 is 0 Å². The van der Waals surface area contributed by atoms with Gasteiger partial charge in [-0.3, -0.25) is 4.79 Å². The van der Waals surface area contributed by atoms with Gasteiger partial charge in [0, 0.05) is 32.8 Å². The van der Waals surface area contributed by atoms with Gasteiger partial charge in [0.15, 0.2) is 0 Å². The quantitative estimate of drug-likeness (QED) is 0.588. The van der Waals surface area contributed by atoms with Gasteiger partial charge in [0.25, 0.3) is 5.91 Å². The van der Waals surface area contributed by atoms with Crippen molar-refractivity contribution in [2.75, 3.05) is 7.05 Å². The number of carboxylic acid groups (broad SMARTS) is 1. The van der Waals surface area contributed by atoms with Crippen molar-refractivity contribution in [2.24, 2.45) is 0 Å². The number of carbonyl (C=O) groups is 2. The number of carbonyl (C=O) groups excluding carboxylic acids is 1. The Hall–Kier alpha value is -1.93. The van der Waals surface area contributed by atoms with Gasteiger partial charge < -0.3 is 10.0 Å². The molecular weight excluding hydrogens is 437 g/mol. The summed E-state index contributed by atoms with van der Waals surface area (Å²) in [5.74, 6) is -0.846. The van der Waals surface area contributed by atoms with Gasteiger partial charge in [0.2, 0.25) is 0 Å². The van der Waals surface area contributed by atoms with Crippen LogP contribution in [-0.2, 0) is 6.54 Å². The first-order valence-corrected chi connectivity index (χ1v) is 9.20. The first-order chi connectivity index (χ1) is 11.5. The van der Waals surface area contributed by atoms with E-state index in [4.69, 9.17) is 0 Å². The van der Waals surface area contributed by atoms with Crippen LogP contribution in [0.2, 0.25) is 0 Å². The van der Waals surface area contributed by atoms with E-state index in [1.807, 2.05) is 36.4 Å². The second-order valence-electron chi connectivity index (χ2n) is 5.77. The lowest BCUT2D eigenvalue weighted by atomic mass is 9.99. The third kappa shape index (κ3) is 2.24. The summed E-state index contributed by atoms with van der Waals surface area (Å²) in [6, 6.07) is 11.8. The molecule has 0 atom stereocenters. The van der Waals surface area contributed by atoms with Crippen molar-refractivity contribution in [2.45, 2.75) is 6.54 Å². The van der Waals surface area contributed by atoms with Crippen LogP contribution in [0.25, 0.3) is 21.2 Å². The number of hydrogen-bond donors (Lipinski definition) is 1. The molecule has 1 aliphatic heterocycles. The normalized spacial score (nSPS) is 13.6. The standard InChI is InChI=1S/C18H12INO3S/c1-20-8-10-7-9(5-6-12(10)17(20)21)11-3-2-4-13-14(19)16(18(22)23)24-15(11)13/h2-7H,8H2,1H3,(H,22,23). The Balaban J connectivity index is 1.92. The van der Waals surface area contributed by atoms with Gasteiger partial charge in [-0.1, -0.05) is 24.3 Å².